The van der Waals surface area contributed by atoms with Crippen LogP contribution in [0.4, 0.5) is 11.4 Å². The van der Waals surface area contributed by atoms with Crippen LogP contribution < -0.4 is 25.8 Å². The van der Waals surface area contributed by atoms with Gasteiger partial charge < -0.3 is 25.8 Å². The third kappa shape index (κ3) is 2.82. The molecule has 0 unspecified atom stereocenters. The smallest absolute Gasteiger partial charge is 0.250 e. The second-order valence-corrected chi connectivity index (χ2v) is 5.79. The highest BCUT2D eigenvalue weighted by Gasteiger charge is 2.22. The van der Waals surface area contributed by atoms with Gasteiger partial charge in [-0.05, 0) is 47.9 Å². The zero-order valence-electron chi connectivity index (χ0n) is 13.8. The third-order valence-corrected chi connectivity index (χ3v) is 4.35. The molecule has 2 aromatic carbocycles. The van der Waals surface area contributed by atoms with Gasteiger partial charge in [0.1, 0.15) is 0 Å². The van der Waals surface area contributed by atoms with E-state index in [1.807, 2.05) is 12.1 Å². The molecule has 0 aliphatic carbocycles. The van der Waals surface area contributed by atoms with Gasteiger partial charge in [-0.3, -0.25) is 4.79 Å². The van der Waals surface area contributed by atoms with Crippen molar-refractivity contribution in [3.05, 3.63) is 47.0 Å². The maximum atomic E-state index is 11.7. The summed E-state index contributed by atoms with van der Waals surface area (Å²) in [6, 6.07) is 9.16. The lowest BCUT2D eigenvalue weighted by Crippen LogP contribution is -2.32. The van der Waals surface area contributed by atoms with Crippen LogP contribution in [0.15, 0.2) is 30.3 Å². The lowest BCUT2D eigenvalue weighted by Gasteiger charge is -2.32. The summed E-state index contributed by atoms with van der Waals surface area (Å²) in [6.45, 7) is 1.42. The summed E-state index contributed by atoms with van der Waals surface area (Å²) in [5.41, 5.74) is 15.6. The van der Waals surface area contributed by atoms with Crippen molar-refractivity contribution in [1.29, 1.82) is 0 Å². The number of nitrogens with zero attached hydrogens (tertiary/aromatic N) is 1. The molecule has 2 aromatic rings. The average Bonchev–Trinajstić information content (AvgIpc) is 2.59. The van der Waals surface area contributed by atoms with E-state index in [1.165, 1.54) is 5.56 Å². The SMILES string of the molecule is COc1cc2c(cc1OC)CN(c1cc(N)ccc1C(N)=O)CC2. The number of anilines is 2. The molecular formula is C18H21N3O3. The molecule has 0 spiro atoms. The fourth-order valence-corrected chi connectivity index (χ4v) is 3.11. The molecule has 24 heavy (non-hydrogen) atoms. The minimum Gasteiger partial charge on any atom is -0.493 e. The molecule has 6 nitrogen and oxygen atoms in total. The van der Waals surface area contributed by atoms with Crippen molar-refractivity contribution >= 4 is 17.3 Å². The van der Waals surface area contributed by atoms with Crippen LogP contribution in [0.3, 0.4) is 0 Å². The molecule has 1 aliphatic heterocycles. The number of hydrogen-bond acceptors (Lipinski definition) is 5. The molecule has 3 rings (SSSR count). The Morgan fingerprint density at radius 1 is 1.08 bits per heavy atom. The summed E-state index contributed by atoms with van der Waals surface area (Å²) < 4.78 is 10.8. The summed E-state index contributed by atoms with van der Waals surface area (Å²) in [5.74, 6) is 0.968. The Labute approximate surface area is 141 Å². The van der Waals surface area contributed by atoms with Crippen molar-refractivity contribution in [3.8, 4) is 11.5 Å². The standard InChI is InChI=1S/C18H21N3O3/c1-23-16-7-11-5-6-21(10-12(11)8-17(16)24-2)15-9-13(19)3-4-14(15)18(20)22/h3-4,7-9H,5-6,10,19H2,1-2H3,(H2,20,22). The minimum atomic E-state index is -0.455. The lowest BCUT2D eigenvalue weighted by atomic mass is 9.97. The van der Waals surface area contributed by atoms with E-state index in [1.54, 1.807) is 32.4 Å². The van der Waals surface area contributed by atoms with E-state index < -0.39 is 5.91 Å². The molecule has 1 heterocycles. The number of rotatable bonds is 4. The van der Waals surface area contributed by atoms with E-state index in [0.717, 1.165) is 30.0 Å². The molecule has 0 aromatic heterocycles. The third-order valence-electron chi connectivity index (χ3n) is 4.35. The summed E-state index contributed by atoms with van der Waals surface area (Å²) >= 11 is 0. The van der Waals surface area contributed by atoms with E-state index in [2.05, 4.69) is 4.90 Å². The van der Waals surface area contributed by atoms with Crippen LogP contribution in [0.25, 0.3) is 0 Å². The highest BCUT2D eigenvalue weighted by molar-refractivity contribution is 5.99. The molecule has 126 valence electrons. The van der Waals surface area contributed by atoms with Crippen molar-refractivity contribution in [1.82, 2.24) is 0 Å². The van der Waals surface area contributed by atoms with Crippen LogP contribution in [0, 0.1) is 0 Å². The molecular weight excluding hydrogens is 306 g/mol. The number of hydrogen-bond donors (Lipinski definition) is 2. The second kappa shape index (κ2) is 6.31. The number of methoxy groups -OCH3 is 2. The molecule has 0 saturated carbocycles. The first-order valence-corrected chi connectivity index (χ1v) is 7.71. The summed E-state index contributed by atoms with van der Waals surface area (Å²) in [5, 5.41) is 0. The molecule has 4 N–H and O–H groups in total. The van der Waals surface area contributed by atoms with Gasteiger partial charge in [0.2, 0.25) is 0 Å². The molecule has 1 aliphatic rings. The molecule has 0 radical (unpaired) electrons. The number of fused-ring (bicyclic) bond motifs is 1. The Balaban J connectivity index is 1.98. The number of ether oxygens (including phenoxy) is 2. The molecule has 0 atom stereocenters. The number of nitrogens with two attached hydrogens (primary N) is 2. The Bertz CT molecular complexity index is 789. The molecule has 1 amide bonds. The van der Waals surface area contributed by atoms with Gasteiger partial charge in [-0.15, -0.1) is 0 Å². The van der Waals surface area contributed by atoms with Gasteiger partial charge in [0.15, 0.2) is 11.5 Å². The van der Waals surface area contributed by atoms with Crippen LogP contribution in [-0.4, -0.2) is 26.7 Å². The zero-order valence-corrected chi connectivity index (χ0v) is 13.8. The second-order valence-electron chi connectivity index (χ2n) is 5.79. The average molecular weight is 327 g/mol. The maximum absolute atomic E-state index is 11.7. The summed E-state index contributed by atoms with van der Waals surface area (Å²) in [6.07, 6.45) is 0.836. The van der Waals surface area contributed by atoms with Gasteiger partial charge in [-0.1, -0.05) is 0 Å². The number of nitrogen functional groups attached to an aromatic ring is 1. The van der Waals surface area contributed by atoms with E-state index in [-0.39, 0.29) is 0 Å². The van der Waals surface area contributed by atoms with Crippen LogP contribution in [0.1, 0.15) is 21.5 Å². The van der Waals surface area contributed by atoms with Crippen molar-refractivity contribution in [2.45, 2.75) is 13.0 Å². The normalized spacial score (nSPS) is 13.3. The highest BCUT2D eigenvalue weighted by Crippen LogP contribution is 2.35. The Morgan fingerprint density at radius 2 is 1.75 bits per heavy atom. The van der Waals surface area contributed by atoms with Gasteiger partial charge in [0, 0.05) is 18.8 Å². The monoisotopic (exact) mass is 327 g/mol. The predicted octanol–water partition coefficient (Wildman–Crippen LogP) is 1.95. The first-order valence-electron chi connectivity index (χ1n) is 7.71. The van der Waals surface area contributed by atoms with E-state index in [9.17, 15) is 4.79 Å². The topological polar surface area (TPSA) is 90.8 Å². The quantitative estimate of drug-likeness (QED) is 0.838. The number of carbonyl (C=O) groups is 1. The molecule has 6 heteroatoms. The van der Waals surface area contributed by atoms with Crippen molar-refractivity contribution < 1.29 is 14.3 Å². The number of carbonyl (C=O) groups excluding carboxylic acids is 1. The van der Waals surface area contributed by atoms with Gasteiger partial charge >= 0.3 is 0 Å². The summed E-state index contributed by atoms with van der Waals surface area (Å²) in [4.78, 5) is 13.8. The zero-order chi connectivity index (χ0) is 17.3. The molecule has 0 bridgehead atoms. The fourth-order valence-electron chi connectivity index (χ4n) is 3.11. The number of amides is 1. The Hall–Kier alpha value is -2.89. The van der Waals surface area contributed by atoms with Gasteiger partial charge in [-0.2, -0.15) is 0 Å². The number of primary amides is 1. The van der Waals surface area contributed by atoms with Crippen molar-refractivity contribution in [2.75, 3.05) is 31.4 Å². The first kappa shape index (κ1) is 16.0. The first-order chi connectivity index (χ1) is 11.5. The molecule has 0 fully saturated rings. The van der Waals surface area contributed by atoms with E-state index >= 15 is 0 Å². The summed E-state index contributed by atoms with van der Waals surface area (Å²) in [7, 11) is 3.25. The van der Waals surface area contributed by atoms with Crippen molar-refractivity contribution in [2.24, 2.45) is 5.73 Å². The van der Waals surface area contributed by atoms with Crippen LogP contribution in [-0.2, 0) is 13.0 Å². The minimum absolute atomic E-state index is 0.455. The number of benzene rings is 2. The highest BCUT2D eigenvalue weighted by atomic mass is 16.5. The van der Waals surface area contributed by atoms with Gasteiger partial charge in [0.25, 0.3) is 5.91 Å². The van der Waals surface area contributed by atoms with Gasteiger partial charge in [0.05, 0.1) is 25.5 Å². The fraction of sp³-hybridized carbons (Fsp3) is 0.278. The van der Waals surface area contributed by atoms with E-state index in [4.69, 9.17) is 20.9 Å². The largest absolute Gasteiger partial charge is 0.493 e. The maximum Gasteiger partial charge on any atom is 0.250 e. The Kier molecular flexibility index (Phi) is 4.20. The molecule has 0 saturated heterocycles. The van der Waals surface area contributed by atoms with Crippen molar-refractivity contribution in [3.63, 3.8) is 0 Å². The van der Waals surface area contributed by atoms with Crippen LogP contribution in [0.2, 0.25) is 0 Å². The van der Waals surface area contributed by atoms with Crippen LogP contribution in [0.5, 0.6) is 11.5 Å². The predicted molar refractivity (Wildman–Crippen MR) is 93.7 cm³/mol. The van der Waals surface area contributed by atoms with E-state index in [0.29, 0.717) is 23.5 Å². The Morgan fingerprint density at radius 3 is 2.38 bits per heavy atom. The van der Waals surface area contributed by atoms with Gasteiger partial charge in [-0.25, -0.2) is 0 Å². The lowest BCUT2D eigenvalue weighted by molar-refractivity contribution is 0.100. The van der Waals surface area contributed by atoms with Crippen LogP contribution >= 0.6 is 0 Å².